The minimum absolute atomic E-state index is 0.00337. The van der Waals surface area contributed by atoms with Gasteiger partial charge in [-0.25, -0.2) is 0 Å². The zero-order chi connectivity index (χ0) is 15.7. The molecule has 1 aliphatic rings. The van der Waals surface area contributed by atoms with Gasteiger partial charge in [-0.3, -0.25) is 9.69 Å². The van der Waals surface area contributed by atoms with E-state index in [4.69, 9.17) is 0 Å². The molecular weight excluding hydrogens is 329 g/mol. The molecule has 1 atom stereocenters. The molecule has 0 saturated carbocycles. The van der Waals surface area contributed by atoms with Crippen LogP contribution in [0.5, 0.6) is 0 Å². The normalized spacial score (nSPS) is 18.9. The molecule has 0 aliphatic carbocycles. The number of hydrogen-bond donors (Lipinski definition) is 0. The smallest absolute Gasteiger partial charge is 0.286 e. The fourth-order valence-corrected chi connectivity index (χ4v) is 4.04. The van der Waals surface area contributed by atoms with Gasteiger partial charge in [0.2, 0.25) is 11.0 Å². The maximum Gasteiger partial charge on any atom is 0.302 e. The maximum absolute atomic E-state index is 12.7. The van der Waals surface area contributed by atoms with E-state index >= 15 is 0 Å². The van der Waals surface area contributed by atoms with Crippen LogP contribution < -0.4 is 4.90 Å². The van der Waals surface area contributed by atoms with Crippen LogP contribution in [0.4, 0.5) is 9.02 Å². The Kier molecular flexibility index (Phi) is 3.92. The monoisotopic (exact) mass is 341 g/mol. The molecule has 6 nitrogen and oxygen atoms in total. The number of hydrogen-bond acceptors (Lipinski definition) is 6. The summed E-state index contributed by atoms with van der Waals surface area (Å²) in [5.41, 5.74) is 0.890. The third-order valence-electron chi connectivity index (χ3n) is 3.31. The molecule has 1 fully saturated rings. The topological polar surface area (TPSA) is 80.2 Å². The lowest BCUT2D eigenvalue weighted by atomic mass is 10.1. The number of benzene rings is 1. The highest BCUT2D eigenvalue weighted by atomic mass is 32.3. The highest BCUT2D eigenvalue weighted by molar-refractivity contribution is 7.86. The zero-order valence-electron chi connectivity index (χ0n) is 11.3. The van der Waals surface area contributed by atoms with E-state index in [1.54, 1.807) is 0 Å². The van der Waals surface area contributed by atoms with Crippen molar-refractivity contribution in [2.75, 3.05) is 17.2 Å². The number of halogens is 1. The van der Waals surface area contributed by atoms with Gasteiger partial charge in [0.05, 0.1) is 5.75 Å². The Morgan fingerprint density at radius 3 is 2.68 bits per heavy atom. The molecule has 1 unspecified atom stereocenters. The summed E-state index contributed by atoms with van der Waals surface area (Å²) >= 11 is 1.25. The first kappa shape index (κ1) is 15.0. The van der Waals surface area contributed by atoms with Crippen LogP contribution in [-0.2, 0) is 15.0 Å². The van der Waals surface area contributed by atoms with Crippen LogP contribution in [0, 0.1) is 5.92 Å². The first-order valence-electron chi connectivity index (χ1n) is 6.54. The van der Waals surface area contributed by atoms with E-state index in [0.29, 0.717) is 10.1 Å². The Morgan fingerprint density at radius 1 is 1.27 bits per heavy atom. The van der Waals surface area contributed by atoms with Crippen molar-refractivity contribution in [1.82, 2.24) is 10.2 Å². The lowest BCUT2D eigenvalue weighted by molar-refractivity contribution is -0.117. The van der Waals surface area contributed by atoms with Crippen LogP contribution in [0.3, 0.4) is 0 Å². The van der Waals surface area contributed by atoms with E-state index in [9.17, 15) is 17.1 Å². The van der Waals surface area contributed by atoms with Crippen molar-refractivity contribution in [3.8, 4) is 10.6 Å². The van der Waals surface area contributed by atoms with Gasteiger partial charge in [-0.05, 0) is 0 Å². The SMILES string of the molecule is O=C1CC(CS(=O)(=O)F)CN1c1nnc(-c2ccccc2)s1. The summed E-state index contributed by atoms with van der Waals surface area (Å²) in [6.45, 7) is 0.144. The Hall–Kier alpha value is -1.87. The number of amides is 1. The summed E-state index contributed by atoms with van der Waals surface area (Å²) in [4.78, 5) is 13.3. The molecule has 0 N–H and O–H groups in total. The molecule has 1 amide bonds. The van der Waals surface area contributed by atoms with Gasteiger partial charge in [-0.2, -0.15) is 8.42 Å². The molecule has 1 aromatic carbocycles. The first-order valence-corrected chi connectivity index (χ1v) is 8.91. The van der Waals surface area contributed by atoms with Gasteiger partial charge in [0.15, 0.2) is 0 Å². The van der Waals surface area contributed by atoms with E-state index in [2.05, 4.69) is 10.2 Å². The third kappa shape index (κ3) is 3.30. The lowest BCUT2D eigenvalue weighted by Gasteiger charge is -2.11. The second-order valence-electron chi connectivity index (χ2n) is 5.04. The highest BCUT2D eigenvalue weighted by Crippen LogP contribution is 2.32. The molecule has 1 saturated heterocycles. The summed E-state index contributed by atoms with van der Waals surface area (Å²) in [6, 6.07) is 9.40. The second kappa shape index (κ2) is 5.73. The minimum atomic E-state index is -4.59. The first-order chi connectivity index (χ1) is 10.4. The third-order valence-corrected chi connectivity index (χ3v) is 5.17. The predicted octanol–water partition coefficient (Wildman–Crippen LogP) is 1.86. The van der Waals surface area contributed by atoms with E-state index in [0.717, 1.165) is 5.56 Å². The van der Waals surface area contributed by atoms with E-state index in [-0.39, 0.29) is 18.9 Å². The molecular formula is C13H12FN3O3S2. The number of anilines is 1. The summed E-state index contributed by atoms with van der Waals surface area (Å²) < 4.78 is 34.1. The van der Waals surface area contributed by atoms with Crippen molar-refractivity contribution in [2.24, 2.45) is 5.92 Å². The van der Waals surface area contributed by atoms with Crippen LogP contribution in [0.1, 0.15) is 6.42 Å². The standard InChI is InChI=1S/C13H12FN3O3S2/c14-22(19,20)8-9-6-11(18)17(7-9)13-16-15-12(21-13)10-4-2-1-3-5-10/h1-5,9H,6-8H2. The van der Waals surface area contributed by atoms with Crippen molar-refractivity contribution in [3.63, 3.8) is 0 Å². The quantitative estimate of drug-likeness (QED) is 0.793. The second-order valence-corrected chi connectivity index (χ2v) is 7.40. The van der Waals surface area contributed by atoms with Crippen molar-refractivity contribution >= 4 is 32.6 Å². The maximum atomic E-state index is 12.7. The number of rotatable bonds is 4. The van der Waals surface area contributed by atoms with Crippen LogP contribution in [0.15, 0.2) is 30.3 Å². The van der Waals surface area contributed by atoms with Crippen molar-refractivity contribution < 1.29 is 17.1 Å². The Labute approximate surface area is 130 Å². The number of nitrogens with zero attached hydrogens (tertiary/aromatic N) is 3. The number of carbonyl (C=O) groups is 1. The van der Waals surface area contributed by atoms with Gasteiger partial charge in [0.1, 0.15) is 5.01 Å². The van der Waals surface area contributed by atoms with Gasteiger partial charge in [-0.1, -0.05) is 41.7 Å². The fourth-order valence-electron chi connectivity index (χ4n) is 2.38. The van der Waals surface area contributed by atoms with Gasteiger partial charge >= 0.3 is 10.2 Å². The van der Waals surface area contributed by atoms with E-state index in [1.807, 2.05) is 30.3 Å². The van der Waals surface area contributed by atoms with Crippen LogP contribution >= 0.6 is 11.3 Å². The van der Waals surface area contributed by atoms with Crippen molar-refractivity contribution in [3.05, 3.63) is 30.3 Å². The summed E-state index contributed by atoms with van der Waals surface area (Å²) in [5.74, 6) is -1.45. The van der Waals surface area contributed by atoms with Gasteiger partial charge in [0.25, 0.3) is 0 Å². The molecule has 0 bridgehead atoms. The van der Waals surface area contributed by atoms with E-state index < -0.39 is 21.9 Å². The molecule has 2 aromatic rings. The fraction of sp³-hybridized carbons (Fsp3) is 0.308. The molecule has 1 aromatic heterocycles. The Bertz CT molecular complexity index is 792. The van der Waals surface area contributed by atoms with E-state index in [1.165, 1.54) is 16.2 Å². The largest absolute Gasteiger partial charge is 0.302 e. The molecule has 9 heteroatoms. The molecule has 3 rings (SSSR count). The summed E-state index contributed by atoms with van der Waals surface area (Å²) in [6.07, 6.45) is 0.00337. The molecule has 0 radical (unpaired) electrons. The predicted molar refractivity (Wildman–Crippen MR) is 80.7 cm³/mol. The van der Waals surface area contributed by atoms with Crippen LogP contribution in [-0.4, -0.2) is 36.8 Å². The summed E-state index contributed by atoms with van der Waals surface area (Å²) in [5, 5.41) is 9.11. The zero-order valence-corrected chi connectivity index (χ0v) is 13.0. The Morgan fingerprint density at radius 2 is 2.00 bits per heavy atom. The molecule has 1 aliphatic heterocycles. The molecule has 116 valence electrons. The van der Waals surface area contributed by atoms with Gasteiger partial charge < -0.3 is 0 Å². The average Bonchev–Trinajstić information content (AvgIpc) is 3.05. The van der Waals surface area contributed by atoms with Crippen molar-refractivity contribution in [2.45, 2.75) is 6.42 Å². The molecule has 0 spiro atoms. The summed E-state index contributed by atoms with van der Waals surface area (Å²) in [7, 11) is -4.59. The molecule has 2 heterocycles. The number of aromatic nitrogens is 2. The van der Waals surface area contributed by atoms with Crippen LogP contribution in [0.2, 0.25) is 0 Å². The lowest BCUT2D eigenvalue weighted by Crippen LogP contribution is -2.25. The minimum Gasteiger partial charge on any atom is -0.286 e. The highest BCUT2D eigenvalue weighted by Gasteiger charge is 2.35. The van der Waals surface area contributed by atoms with Crippen molar-refractivity contribution in [1.29, 1.82) is 0 Å². The van der Waals surface area contributed by atoms with Crippen LogP contribution in [0.25, 0.3) is 10.6 Å². The number of carbonyl (C=O) groups excluding carboxylic acids is 1. The van der Waals surface area contributed by atoms with Gasteiger partial charge in [-0.15, -0.1) is 14.1 Å². The average molecular weight is 341 g/mol. The van der Waals surface area contributed by atoms with Gasteiger partial charge in [0, 0.05) is 24.4 Å². The molecule has 22 heavy (non-hydrogen) atoms. The Balaban J connectivity index is 1.78.